The van der Waals surface area contributed by atoms with Crippen LogP contribution in [0.2, 0.25) is 0 Å². The molecule has 5 rings (SSSR count). The molecule has 3 heterocycles. The maximum atomic E-state index is 13.8. The van der Waals surface area contributed by atoms with Gasteiger partial charge in [0.2, 0.25) is 15.9 Å². The van der Waals surface area contributed by atoms with Gasteiger partial charge in [0.1, 0.15) is 11.8 Å². The average molecular weight is 665 g/mol. The van der Waals surface area contributed by atoms with E-state index in [-0.39, 0.29) is 36.5 Å². The Morgan fingerprint density at radius 3 is 2.38 bits per heavy atom. The third-order valence-electron chi connectivity index (χ3n) is 7.20. The summed E-state index contributed by atoms with van der Waals surface area (Å²) in [6.07, 6.45) is -4.93. The number of hydrogen-bond donors (Lipinski definition) is 2. The molecule has 2 aromatic carbocycles. The molecule has 12 nitrogen and oxygen atoms in total. The van der Waals surface area contributed by atoms with Gasteiger partial charge in [-0.15, -0.1) is 18.3 Å². The molecular formula is C28H31F3N8O4S2. The van der Waals surface area contributed by atoms with Crippen LogP contribution in [0.15, 0.2) is 53.4 Å². The lowest BCUT2D eigenvalue weighted by Crippen LogP contribution is -2.60. The zero-order valence-electron chi connectivity index (χ0n) is 24.8. The number of aryl methyl sites for hydroxylation is 1. The number of nitrogens with zero attached hydrogens (tertiary/aromatic N) is 6. The molecule has 0 saturated carbocycles. The van der Waals surface area contributed by atoms with Crippen molar-refractivity contribution in [1.82, 2.24) is 35.2 Å². The number of thiazole rings is 1. The second kappa shape index (κ2) is 12.4. The first kappa shape index (κ1) is 32.3. The molecule has 4 aromatic rings. The van der Waals surface area contributed by atoms with Crippen molar-refractivity contribution in [2.45, 2.75) is 57.0 Å². The summed E-state index contributed by atoms with van der Waals surface area (Å²) < 4.78 is 70.5. The predicted octanol–water partition coefficient (Wildman–Crippen LogP) is 4.02. The number of hydrogen-bond acceptors (Lipinski definition) is 10. The Hall–Kier alpha value is -4.09. The van der Waals surface area contributed by atoms with Gasteiger partial charge in [-0.05, 0) is 58.2 Å². The zero-order valence-corrected chi connectivity index (χ0v) is 26.4. The summed E-state index contributed by atoms with van der Waals surface area (Å²) in [6.45, 7) is 8.34. The second-order valence-corrected chi connectivity index (χ2v) is 14.3. The number of piperazine rings is 1. The maximum absolute atomic E-state index is 13.8. The number of aromatic nitrogens is 5. The third-order valence-corrected chi connectivity index (χ3v) is 10.3. The molecule has 1 amide bonds. The maximum Gasteiger partial charge on any atom is 0.573 e. The minimum Gasteiger partial charge on any atom is -0.406 e. The van der Waals surface area contributed by atoms with E-state index in [1.807, 2.05) is 29.2 Å². The fraction of sp³-hybridized carbons (Fsp3) is 0.393. The molecule has 0 bridgehead atoms. The highest BCUT2D eigenvalue weighted by Gasteiger charge is 2.41. The van der Waals surface area contributed by atoms with Crippen LogP contribution in [0.5, 0.6) is 5.75 Å². The normalized spacial score (nSPS) is 16.5. The monoisotopic (exact) mass is 664 g/mol. The fourth-order valence-electron chi connectivity index (χ4n) is 4.81. The fourth-order valence-corrected chi connectivity index (χ4v) is 7.42. The Morgan fingerprint density at radius 1 is 1.09 bits per heavy atom. The van der Waals surface area contributed by atoms with Crippen LogP contribution in [0.25, 0.3) is 10.7 Å². The zero-order chi connectivity index (χ0) is 32.6. The van der Waals surface area contributed by atoms with E-state index in [9.17, 15) is 26.4 Å². The number of tetrazole rings is 1. The van der Waals surface area contributed by atoms with Crippen LogP contribution in [-0.2, 0) is 26.8 Å². The number of carbonyl (C=O) groups excluding carboxylic acids is 1. The molecule has 45 heavy (non-hydrogen) atoms. The molecule has 1 atom stereocenters. The molecule has 240 valence electrons. The van der Waals surface area contributed by atoms with E-state index in [2.05, 4.69) is 56.4 Å². The second-order valence-electron chi connectivity index (χ2n) is 11.4. The number of carbonyl (C=O) groups is 1. The minimum atomic E-state index is -4.93. The molecule has 17 heteroatoms. The van der Waals surface area contributed by atoms with Gasteiger partial charge >= 0.3 is 6.36 Å². The summed E-state index contributed by atoms with van der Waals surface area (Å²) >= 11 is 1.30. The Bertz CT molecular complexity index is 1740. The van der Waals surface area contributed by atoms with Gasteiger partial charge in [-0.3, -0.25) is 4.79 Å². The molecule has 0 unspecified atom stereocenters. The number of sulfonamides is 1. The summed E-state index contributed by atoms with van der Waals surface area (Å²) in [7, 11) is -4.31. The van der Waals surface area contributed by atoms with Crippen LogP contribution in [0, 0.1) is 6.92 Å². The summed E-state index contributed by atoms with van der Waals surface area (Å²) in [5, 5.41) is 17.3. The SMILES string of the molecule is Cc1nc(N2CCN(S(=O)(=O)c3ccc(OC(F)(F)F)cc3)[C@@H](C(=O)NCc3ccc(C(C)(C)C)cc3)C2)sc1-c1nnn[nH]1. The van der Waals surface area contributed by atoms with Gasteiger partial charge in [0.05, 0.1) is 15.5 Å². The van der Waals surface area contributed by atoms with E-state index in [0.717, 1.165) is 39.7 Å². The first-order valence-electron chi connectivity index (χ1n) is 13.8. The van der Waals surface area contributed by atoms with Crippen molar-refractivity contribution in [3.8, 4) is 16.5 Å². The van der Waals surface area contributed by atoms with Crippen molar-refractivity contribution in [2.24, 2.45) is 0 Å². The number of halogens is 3. The van der Waals surface area contributed by atoms with Crippen LogP contribution in [0.3, 0.4) is 0 Å². The van der Waals surface area contributed by atoms with Crippen LogP contribution < -0.4 is 15.0 Å². The largest absolute Gasteiger partial charge is 0.573 e. The summed E-state index contributed by atoms with van der Waals surface area (Å²) in [4.78, 5) is 20.6. The van der Waals surface area contributed by atoms with Crippen LogP contribution in [0.1, 0.15) is 37.6 Å². The molecule has 1 aliphatic heterocycles. The standard InChI is InChI=1S/C28H31F3N8O4S2/c1-17-23(24-34-36-37-35-24)44-26(33-17)38-13-14-39(45(41,42)21-11-9-20(10-12-21)43-28(29,30)31)22(16-38)25(40)32-15-18-5-7-19(8-6-18)27(2,3)4/h5-12,22H,13-16H2,1-4H3,(H,32,40)(H,34,35,36,37)/t22-/m1/s1. The van der Waals surface area contributed by atoms with Crippen molar-refractivity contribution in [3.63, 3.8) is 0 Å². The summed E-state index contributed by atoms with van der Waals surface area (Å²) in [5.74, 6) is -0.662. The molecule has 1 fully saturated rings. The lowest BCUT2D eigenvalue weighted by atomic mass is 9.87. The Labute approximate surface area is 261 Å². The van der Waals surface area contributed by atoms with Crippen LogP contribution in [0.4, 0.5) is 18.3 Å². The Balaban J connectivity index is 1.40. The van der Waals surface area contributed by atoms with Gasteiger partial charge in [-0.25, -0.2) is 18.5 Å². The molecule has 1 saturated heterocycles. The highest BCUT2D eigenvalue weighted by molar-refractivity contribution is 7.89. The number of amides is 1. The van der Waals surface area contributed by atoms with Crippen LogP contribution in [-0.4, -0.2) is 76.3 Å². The van der Waals surface area contributed by atoms with Gasteiger partial charge in [-0.2, -0.15) is 4.31 Å². The topological polar surface area (TPSA) is 146 Å². The molecule has 0 spiro atoms. The van der Waals surface area contributed by atoms with Crippen LogP contribution >= 0.6 is 11.3 Å². The highest BCUT2D eigenvalue weighted by Crippen LogP contribution is 2.34. The number of benzene rings is 2. The number of alkyl halides is 3. The smallest absolute Gasteiger partial charge is 0.406 e. The van der Waals surface area contributed by atoms with Gasteiger partial charge in [0.25, 0.3) is 0 Å². The number of anilines is 1. The van der Waals surface area contributed by atoms with Crippen molar-refractivity contribution in [3.05, 3.63) is 65.4 Å². The van der Waals surface area contributed by atoms with E-state index in [0.29, 0.717) is 21.5 Å². The molecule has 0 radical (unpaired) electrons. The third kappa shape index (κ3) is 7.42. The van der Waals surface area contributed by atoms with Gasteiger partial charge in [0.15, 0.2) is 11.0 Å². The summed E-state index contributed by atoms with van der Waals surface area (Å²) in [6, 6.07) is 10.5. The van der Waals surface area contributed by atoms with Crippen molar-refractivity contribution in [1.29, 1.82) is 0 Å². The van der Waals surface area contributed by atoms with E-state index in [1.165, 1.54) is 11.3 Å². The van der Waals surface area contributed by atoms with E-state index >= 15 is 0 Å². The first-order valence-corrected chi connectivity index (χ1v) is 16.1. The molecule has 1 aliphatic rings. The Morgan fingerprint density at radius 2 is 1.78 bits per heavy atom. The van der Waals surface area contributed by atoms with Gasteiger partial charge < -0.3 is 15.0 Å². The van der Waals surface area contributed by atoms with Gasteiger partial charge in [-0.1, -0.05) is 56.4 Å². The van der Waals surface area contributed by atoms with Crippen molar-refractivity contribution < 1.29 is 31.1 Å². The number of nitrogens with one attached hydrogen (secondary N) is 2. The molecule has 2 N–H and O–H groups in total. The molecule has 0 aliphatic carbocycles. The van der Waals surface area contributed by atoms with Crippen molar-refractivity contribution in [2.75, 3.05) is 24.5 Å². The predicted molar refractivity (Wildman–Crippen MR) is 160 cm³/mol. The van der Waals surface area contributed by atoms with E-state index in [1.54, 1.807) is 6.92 Å². The number of rotatable bonds is 8. The molecule has 2 aromatic heterocycles. The van der Waals surface area contributed by atoms with E-state index < -0.39 is 34.1 Å². The lowest BCUT2D eigenvalue weighted by molar-refractivity contribution is -0.274. The summed E-state index contributed by atoms with van der Waals surface area (Å²) in [5.41, 5.74) is 2.57. The minimum absolute atomic E-state index is 0.0235. The van der Waals surface area contributed by atoms with Gasteiger partial charge in [0, 0.05) is 26.2 Å². The van der Waals surface area contributed by atoms with E-state index in [4.69, 9.17) is 0 Å². The van der Waals surface area contributed by atoms with Crippen molar-refractivity contribution >= 4 is 32.4 Å². The first-order chi connectivity index (χ1) is 21.1. The number of aromatic amines is 1. The quantitative estimate of drug-likeness (QED) is 0.285. The Kier molecular flexibility index (Phi) is 8.88. The molecular weight excluding hydrogens is 633 g/mol. The number of ether oxygens (including phenoxy) is 1. The number of H-pyrrole nitrogens is 1. The lowest BCUT2D eigenvalue weighted by Gasteiger charge is -2.39. The average Bonchev–Trinajstić information content (AvgIpc) is 3.64. The highest BCUT2D eigenvalue weighted by atomic mass is 32.2.